The summed E-state index contributed by atoms with van der Waals surface area (Å²) in [5.74, 6) is 0. The van der Waals surface area contributed by atoms with Crippen LogP contribution in [0.25, 0.3) is 0 Å². The molecule has 0 radical (unpaired) electrons. The Morgan fingerprint density at radius 1 is 1.13 bits per heavy atom. The van der Waals surface area contributed by atoms with Crippen molar-refractivity contribution in [2.75, 3.05) is 6.54 Å². The Hall–Kier alpha value is -0.300. The van der Waals surface area contributed by atoms with Crippen LogP contribution in [-0.4, -0.2) is 12.6 Å². The van der Waals surface area contributed by atoms with E-state index in [0.29, 0.717) is 6.04 Å². The van der Waals surface area contributed by atoms with E-state index in [4.69, 9.17) is 0 Å². The summed E-state index contributed by atoms with van der Waals surface area (Å²) in [4.78, 5) is 0. The van der Waals surface area contributed by atoms with Crippen LogP contribution in [-0.2, 0) is 0 Å². The van der Waals surface area contributed by atoms with Gasteiger partial charge in [-0.05, 0) is 32.7 Å². The monoisotopic (exact) mass is 211 g/mol. The third-order valence-electron chi connectivity index (χ3n) is 2.68. The predicted molar refractivity (Wildman–Crippen MR) is 70.3 cm³/mol. The smallest absolute Gasteiger partial charge is 0.0104 e. The van der Waals surface area contributed by atoms with Crippen LogP contribution < -0.4 is 5.32 Å². The maximum atomic E-state index is 4.01. The molecule has 1 nitrogen and oxygen atoms in total. The summed E-state index contributed by atoms with van der Waals surface area (Å²) in [5, 5.41) is 3.62. The Morgan fingerprint density at radius 2 is 1.87 bits per heavy atom. The van der Waals surface area contributed by atoms with Crippen LogP contribution in [0.4, 0.5) is 0 Å². The van der Waals surface area contributed by atoms with Crippen molar-refractivity contribution in [2.45, 2.75) is 71.8 Å². The summed E-state index contributed by atoms with van der Waals surface area (Å²) < 4.78 is 0. The van der Waals surface area contributed by atoms with E-state index in [2.05, 4.69) is 32.7 Å². The van der Waals surface area contributed by atoms with E-state index in [1.54, 1.807) is 0 Å². The van der Waals surface area contributed by atoms with E-state index in [9.17, 15) is 0 Å². The summed E-state index contributed by atoms with van der Waals surface area (Å²) in [7, 11) is 0. The standard InChI is InChI=1S/C14H29N/c1-5-7-8-9-10-14(12-13(3)4)15-11-6-2/h14-15H,3,5-12H2,1-2,4H3. The SMILES string of the molecule is C=C(C)CC(CCCCCC)NCCC. The quantitative estimate of drug-likeness (QED) is 0.420. The van der Waals surface area contributed by atoms with Crippen LogP contribution in [0.3, 0.4) is 0 Å². The lowest BCUT2D eigenvalue weighted by Crippen LogP contribution is -2.29. The Bertz CT molecular complexity index is 151. The second kappa shape index (κ2) is 10.2. The highest BCUT2D eigenvalue weighted by Crippen LogP contribution is 2.11. The Kier molecular flexibility index (Phi) is 10.0. The summed E-state index contributed by atoms with van der Waals surface area (Å²) >= 11 is 0. The molecule has 0 aromatic carbocycles. The topological polar surface area (TPSA) is 12.0 Å². The van der Waals surface area contributed by atoms with Crippen molar-refractivity contribution in [3.8, 4) is 0 Å². The molecule has 0 saturated heterocycles. The van der Waals surface area contributed by atoms with Gasteiger partial charge in [0.1, 0.15) is 0 Å². The lowest BCUT2D eigenvalue weighted by atomic mass is 10.0. The molecule has 0 aromatic rings. The van der Waals surface area contributed by atoms with Gasteiger partial charge in [0.05, 0.1) is 0 Å². The van der Waals surface area contributed by atoms with Crippen molar-refractivity contribution in [3.63, 3.8) is 0 Å². The van der Waals surface area contributed by atoms with Crippen molar-refractivity contribution in [2.24, 2.45) is 0 Å². The van der Waals surface area contributed by atoms with E-state index >= 15 is 0 Å². The molecule has 0 saturated carbocycles. The maximum Gasteiger partial charge on any atom is 0.0104 e. The van der Waals surface area contributed by atoms with Gasteiger partial charge in [0.15, 0.2) is 0 Å². The van der Waals surface area contributed by atoms with Crippen LogP contribution in [0.1, 0.15) is 65.7 Å². The fourth-order valence-corrected chi connectivity index (χ4v) is 1.86. The lowest BCUT2D eigenvalue weighted by molar-refractivity contribution is 0.452. The fourth-order valence-electron chi connectivity index (χ4n) is 1.86. The molecule has 1 atom stereocenters. The van der Waals surface area contributed by atoms with Crippen LogP contribution in [0.2, 0.25) is 0 Å². The first-order chi connectivity index (χ1) is 7.20. The summed E-state index contributed by atoms with van der Waals surface area (Å²) in [6.45, 7) is 11.8. The van der Waals surface area contributed by atoms with E-state index in [1.807, 2.05) is 0 Å². The highest BCUT2D eigenvalue weighted by molar-refractivity contribution is 4.92. The first-order valence-corrected chi connectivity index (χ1v) is 6.58. The molecule has 0 heterocycles. The second-order valence-corrected chi connectivity index (χ2v) is 4.66. The molecule has 90 valence electrons. The third kappa shape index (κ3) is 9.99. The fraction of sp³-hybridized carbons (Fsp3) is 0.857. The molecular weight excluding hydrogens is 182 g/mol. The Labute approximate surface area is 96.3 Å². The third-order valence-corrected chi connectivity index (χ3v) is 2.68. The molecular formula is C14H29N. The minimum absolute atomic E-state index is 0.666. The average Bonchev–Trinajstić information content (AvgIpc) is 2.19. The van der Waals surface area contributed by atoms with E-state index in [1.165, 1.54) is 44.1 Å². The maximum absolute atomic E-state index is 4.01. The summed E-state index contributed by atoms with van der Waals surface area (Å²) in [6.07, 6.45) is 9.14. The number of hydrogen-bond acceptors (Lipinski definition) is 1. The van der Waals surface area contributed by atoms with Crippen molar-refractivity contribution >= 4 is 0 Å². The molecule has 0 aliphatic carbocycles. The largest absolute Gasteiger partial charge is 0.314 e. The normalized spacial score (nSPS) is 12.7. The van der Waals surface area contributed by atoms with E-state index in [-0.39, 0.29) is 0 Å². The van der Waals surface area contributed by atoms with Gasteiger partial charge in [-0.1, -0.05) is 45.1 Å². The molecule has 0 aliphatic heterocycles. The summed E-state index contributed by atoms with van der Waals surface area (Å²) in [6, 6.07) is 0.666. The Balaban J connectivity index is 3.64. The van der Waals surface area contributed by atoms with Crippen molar-refractivity contribution in [1.82, 2.24) is 5.32 Å². The van der Waals surface area contributed by atoms with Gasteiger partial charge in [-0.25, -0.2) is 0 Å². The highest BCUT2D eigenvalue weighted by atomic mass is 14.9. The molecule has 0 spiro atoms. The van der Waals surface area contributed by atoms with Gasteiger partial charge < -0.3 is 5.32 Å². The molecule has 0 rings (SSSR count). The van der Waals surface area contributed by atoms with Crippen molar-refractivity contribution < 1.29 is 0 Å². The van der Waals surface area contributed by atoms with Crippen LogP contribution >= 0.6 is 0 Å². The molecule has 0 aliphatic rings. The Morgan fingerprint density at radius 3 is 2.40 bits per heavy atom. The number of nitrogens with one attached hydrogen (secondary N) is 1. The molecule has 15 heavy (non-hydrogen) atoms. The van der Waals surface area contributed by atoms with E-state index in [0.717, 1.165) is 13.0 Å². The molecule has 0 fully saturated rings. The number of rotatable bonds is 10. The van der Waals surface area contributed by atoms with Gasteiger partial charge in [0.25, 0.3) is 0 Å². The minimum atomic E-state index is 0.666. The first kappa shape index (κ1) is 14.7. The van der Waals surface area contributed by atoms with Gasteiger partial charge in [-0.15, -0.1) is 6.58 Å². The minimum Gasteiger partial charge on any atom is -0.314 e. The van der Waals surface area contributed by atoms with Gasteiger partial charge in [-0.3, -0.25) is 0 Å². The second-order valence-electron chi connectivity index (χ2n) is 4.66. The highest BCUT2D eigenvalue weighted by Gasteiger charge is 2.06. The van der Waals surface area contributed by atoms with Crippen LogP contribution in [0.5, 0.6) is 0 Å². The zero-order chi connectivity index (χ0) is 11.5. The van der Waals surface area contributed by atoms with Crippen molar-refractivity contribution in [3.05, 3.63) is 12.2 Å². The van der Waals surface area contributed by atoms with Gasteiger partial charge in [0.2, 0.25) is 0 Å². The van der Waals surface area contributed by atoms with Gasteiger partial charge in [0, 0.05) is 6.04 Å². The predicted octanol–water partition coefficient (Wildman–Crippen LogP) is 4.29. The molecule has 0 aromatic heterocycles. The molecule has 1 heteroatoms. The number of unbranched alkanes of at least 4 members (excludes halogenated alkanes) is 3. The van der Waals surface area contributed by atoms with Gasteiger partial charge in [-0.2, -0.15) is 0 Å². The average molecular weight is 211 g/mol. The molecule has 1 N–H and O–H groups in total. The molecule has 0 amide bonds. The zero-order valence-electron chi connectivity index (χ0n) is 10.9. The van der Waals surface area contributed by atoms with Crippen LogP contribution in [0, 0.1) is 0 Å². The molecule has 0 bridgehead atoms. The van der Waals surface area contributed by atoms with Crippen LogP contribution in [0.15, 0.2) is 12.2 Å². The first-order valence-electron chi connectivity index (χ1n) is 6.58. The summed E-state index contributed by atoms with van der Waals surface area (Å²) in [5.41, 5.74) is 1.30. The zero-order valence-corrected chi connectivity index (χ0v) is 10.9. The van der Waals surface area contributed by atoms with Crippen molar-refractivity contribution in [1.29, 1.82) is 0 Å². The molecule has 1 unspecified atom stereocenters. The van der Waals surface area contributed by atoms with Gasteiger partial charge >= 0.3 is 0 Å². The lowest BCUT2D eigenvalue weighted by Gasteiger charge is -2.18. The van der Waals surface area contributed by atoms with E-state index < -0.39 is 0 Å². The number of hydrogen-bond donors (Lipinski definition) is 1.